The zero-order valence-electron chi connectivity index (χ0n) is 13.9. The van der Waals surface area contributed by atoms with E-state index < -0.39 is 10.0 Å². The number of anilines is 1. The minimum absolute atomic E-state index is 0.274. The third-order valence-corrected chi connectivity index (χ3v) is 3.94. The maximum Gasteiger partial charge on any atom is 0.244 e. The van der Waals surface area contributed by atoms with Gasteiger partial charge in [0.2, 0.25) is 15.9 Å². The normalized spacial score (nSPS) is 11.5. The molecule has 0 atom stereocenters. The van der Waals surface area contributed by atoms with Crippen LogP contribution in [0.4, 0.5) is 10.1 Å². The summed E-state index contributed by atoms with van der Waals surface area (Å²) in [6, 6.07) is 11.3. The molecule has 25 heavy (non-hydrogen) atoms. The number of hydrogen-bond acceptors (Lipinski definition) is 3. The first-order valence-electron chi connectivity index (χ1n) is 7.52. The SMILES string of the molecule is Cc1cc(CNC(=O)/C=C\c2ccc(NS(C)(=O)=O)cc2)ccc1F. The van der Waals surface area contributed by atoms with Gasteiger partial charge in [-0.2, -0.15) is 0 Å². The van der Waals surface area contributed by atoms with Crippen LogP contribution in [0.15, 0.2) is 48.5 Å². The average Bonchev–Trinajstić information content (AvgIpc) is 2.54. The molecule has 0 heterocycles. The Hall–Kier alpha value is -2.67. The highest BCUT2D eigenvalue weighted by molar-refractivity contribution is 7.92. The van der Waals surface area contributed by atoms with Gasteiger partial charge in [0.1, 0.15) is 5.82 Å². The molecule has 0 aliphatic heterocycles. The van der Waals surface area contributed by atoms with Crippen molar-refractivity contribution in [1.29, 1.82) is 0 Å². The van der Waals surface area contributed by atoms with Crippen molar-refractivity contribution in [1.82, 2.24) is 5.32 Å². The summed E-state index contributed by atoms with van der Waals surface area (Å²) in [7, 11) is -3.31. The summed E-state index contributed by atoms with van der Waals surface area (Å²) in [5.41, 5.74) is 2.56. The Morgan fingerprint density at radius 2 is 1.84 bits per heavy atom. The van der Waals surface area contributed by atoms with E-state index in [4.69, 9.17) is 0 Å². The molecule has 0 saturated carbocycles. The molecule has 0 spiro atoms. The summed E-state index contributed by atoms with van der Waals surface area (Å²) in [6.45, 7) is 1.98. The monoisotopic (exact) mass is 362 g/mol. The van der Waals surface area contributed by atoms with Crippen LogP contribution in [0, 0.1) is 12.7 Å². The summed E-state index contributed by atoms with van der Waals surface area (Å²) >= 11 is 0. The van der Waals surface area contributed by atoms with Gasteiger partial charge in [0.15, 0.2) is 0 Å². The molecular weight excluding hydrogens is 343 g/mol. The molecule has 2 aromatic carbocycles. The second-order valence-corrected chi connectivity index (χ2v) is 7.38. The van der Waals surface area contributed by atoms with Gasteiger partial charge in [0, 0.05) is 18.3 Å². The standard InChI is InChI=1S/C18H19FN2O3S/c1-13-11-15(5-9-17(13)19)12-20-18(22)10-6-14-3-7-16(8-4-14)21-25(2,23)24/h3-11,21H,12H2,1-2H3,(H,20,22)/b10-6-. The van der Waals surface area contributed by atoms with E-state index in [9.17, 15) is 17.6 Å². The highest BCUT2D eigenvalue weighted by Crippen LogP contribution is 2.12. The molecule has 2 N–H and O–H groups in total. The van der Waals surface area contributed by atoms with E-state index in [0.717, 1.165) is 17.4 Å². The van der Waals surface area contributed by atoms with Crippen molar-refractivity contribution < 1.29 is 17.6 Å². The zero-order valence-corrected chi connectivity index (χ0v) is 14.7. The van der Waals surface area contributed by atoms with Crippen LogP contribution < -0.4 is 10.0 Å². The van der Waals surface area contributed by atoms with Gasteiger partial charge in [-0.05, 0) is 47.9 Å². The number of nitrogens with one attached hydrogen (secondary N) is 2. The van der Waals surface area contributed by atoms with Crippen molar-refractivity contribution in [3.05, 3.63) is 71.0 Å². The summed E-state index contributed by atoms with van der Waals surface area (Å²) in [5.74, 6) is -0.552. The van der Waals surface area contributed by atoms with Crippen molar-refractivity contribution in [3.63, 3.8) is 0 Å². The topological polar surface area (TPSA) is 75.3 Å². The van der Waals surface area contributed by atoms with Crippen LogP contribution in [0.5, 0.6) is 0 Å². The number of carbonyl (C=O) groups excluding carboxylic acids is 1. The summed E-state index contributed by atoms with van der Waals surface area (Å²) in [5, 5.41) is 2.72. The molecule has 0 saturated heterocycles. The first-order chi connectivity index (χ1) is 11.7. The molecule has 2 aromatic rings. The number of aryl methyl sites for hydroxylation is 1. The Balaban J connectivity index is 1.90. The Morgan fingerprint density at radius 1 is 1.16 bits per heavy atom. The van der Waals surface area contributed by atoms with Gasteiger partial charge < -0.3 is 5.32 Å². The van der Waals surface area contributed by atoms with E-state index in [-0.39, 0.29) is 11.7 Å². The number of amides is 1. The van der Waals surface area contributed by atoms with Gasteiger partial charge in [-0.3, -0.25) is 9.52 Å². The van der Waals surface area contributed by atoms with Crippen LogP contribution in [0.25, 0.3) is 6.08 Å². The molecule has 0 bridgehead atoms. The molecule has 5 nitrogen and oxygen atoms in total. The predicted molar refractivity (Wildman–Crippen MR) is 96.9 cm³/mol. The minimum Gasteiger partial charge on any atom is -0.348 e. The maximum absolute atomic E-state index is 13.2. The van der Waals surface area contributed by atoms with Crippen LogP contribution in [0.2, 0.25) is 0 Å². The fourth-order valence-corrected chi connectivity index (χ4v) is 2.68. The summed E-state index contributed by atoms with van der Waals surface area (Å²) in [6.07, 6.45) is 4.08. The number of hydrogen-bond donors (Lipinski definition) is 2. The van der Waals surface area contributed by atoms with Crippen LogP contribution in [0.1, 0.15) is 16.7 Å². The quantitative estimate of drug-likeness (QED) is 0.776. The third-order valence-electron chi connectivity index (χ3n) is 3.33. The molecule has 0 aliphatic rings. The number of rotatable bonds is 6. The Kier molecular flexibility index (Phi) is 5.93. The smallest absolute Gasteiger partial charge is 0.244 e. The van der Waals surface area contributed by atoms with Crippen LogP contribution in [0.3, 0.4) is 0 Å². The second-order valence-electron chi connectivity index (χ2n) is 5.63. The first-order valence-corrected chi connectivity index (χ1v) is 9.41. The largest absolute Gasteiger partial charge is 0.348 e. The fourth-order valence-electron chi connectivity index (χ4n) is 2.11. The Bertz CT molecular complexity index is 891. The highest BCUT2D eigenvalue weighted by atomic mass is 32.2. The van der Waals surface area contributed by atoms with Crippen LogP contribution in [-0.4, -0.2) is 20.6 Å². The summed E-state index contributed by atoms with van der Waals surface area (Å²) < 4.78 is 37.8. The lowest BCUT2D eigenvalue weighted by Crippen LogP contribution is -2.20. The van der Waals surface area contributed by atoms with E-state index in [0.29, 0.717) is 17.8 Å². The molecule has 0 fully saturated rings. The maximum atomic E-state index is 13.2. The van der Waals surface area contributed by atoms with Crippen molar-refractivity contribution in [3.8, 4) is 0 Å². The second kappa shape index (κ2) is 7.94. The van der Waals surface area contributed by atoms with Gasteiger partial charge in [0.25, 0.3) is 0 Å². The highest BCUT2D eigenvalue weighted by Gasteiger charge is 2.02. The predicted octanol–water partition coefficient (Wildman–Crippen LogP) is 2.84. The van der Waals surface area contributed by atoms with Crippen LogP contribution in [-0.2, 0) is 21.4 Å². The molecule has 1 amide bonds. The van der Waals surface area contributed by atoms with E-state index in [1.54, 1.807) is 49.4 Å². The number of halogens is 1. The molecule has 132 valence electrons. The number of sulfonamides is 1. The minimum atomic E-state index is -3.31. The van der Waals surface area contributed by atoms with Gasteiger partial charge in [-0.1, -0.05) is 24.3 Å². The lowest BCUT2D eigenvalue weighted by molar-refractivity contribution is -0.116. The molecular formula is C18H19FN2O3S. The van der Waals surface area contributed by atoms with Gasteiger partial charge in [-0.15, -0.1) is 0 Å². The van der Waals surface area contributed by atoms with Gasteiger partial charge in [-0.25, -0.2) is 12.8 Å². The number of benzene rings is 2. The van der Waals surface area contributed by atoms with E-state index in [2.05, 4.69) is 10.0 Å². The van der Waals surface area contributed by atoms with Crippen molar-refractivity contribution >= 4 is 27.7 Å². The van der Waals surface area contributed by atoms with Crippen molar-refractivity contribution in [2.24, 2.45) is 0 Å². The average molecular weight is 362 g/mol. The molecule has 0 aromatic heterocycles. The van der Waals surface area contributed by atoms with Gasteiger partial charge in [0.05, 0.1) is 6.26 Å². The van der Waals surface area contributed by atoms with Crippen LogP contribution >= 0.6 is 0 Å². The lowest BCUT2D eigenvalue weighted by Gasteiger charge is -2.05. The van der Waals surface area contributed by atoms with Crippen molar-refractivity contribution in [2.75, 3.05) is 11.0 Å². The molecule has 0 unspecified atom stereocenters. The molecule has 2 rings (SSSR count). The van der Waals surface area contributed by atoms with E-state index in [1.165, 1.54) is 12.1 Å². The molecule has 0 radical (unpaired) electrons. The first kappa shape index (κ1) is 18.7. The Labute approximate surface area is 146 Å². The van der Waals surface area contributed by atoms with Crippen molar-refractivity contribution in [2.45, 2.75) is 13.5 Å². The molecule has 0 aliphatic carbocycles. The number of carbonyl (C=O) groups is 1. The van der Waals surface area contributed by atoms with Gasteiger partial charge >= 0.3 is 0 Å². The third kappa shape index (κ3) is 6.39. The fraction of sp³-hybridized carbons (Fsp3) is 0.167. The summed E-state index contributed by atoms with van der Waals surface area (Å²) in [4.78, 5) is 11.8. The van der Waals surface area contributed by atoms with E-state index in [1.807, 2.05) is 0 Å². The Morgan fingerprint density at radius 3 is 2.44 bits per heavy atom. The van der Waals surface area contributed by atoms with E-state index >= 15 is 0 Å². The molecule has 7 heteroatoms. The zero-order chi connectivity index (χ0) is 18.4. The lowest BCUT2D eigenvalue weighted by atomic mass is 10.1.